The van der Waals surface area contributed by atoms with E-state index in [4.69, 9.17) is 11.6 Å². The first-order valence-corrected chi connectivity index (χ1v) is 2.27. The van der Waals surface area contributed by atoms with Crippen LogP contribution in [-0.4, -0.2) is 4.59 Å². The smallest absolute Gasteiger partial charge is 0.206 e. The molecule has 0 amide bonds. The Morgan fingerprint density at radius 2 is 1.67 bits per heavy atom. The van der Waals surface area contributed by atoms with Crippen molar-refractivity contribution in [2.24, 2.45) is 0 Å². The maximum absolute atomic E-state index is 11.5. The first-order chi connectivity index (χ1) is 2.56. The molecule has 0 fully saturated rings. The zero-order chi connectivity index (χ0) is 5.21. The Kier molecular flexibility index (Phi) is 2.49. The van der Waals surface area contributed by atoms with Gasteiger partial charge in [0.2, 0.25) is 0 Å². The van der Waals surface area contributed by atoms with Crippen LogP contribution >= 0.6 is 34.8 Å². The lowest BCUT2D eigenvalue weighted by molar-refractivity contribution is 0.453. The monoisotopic (exact) mass is 149 g/mol. The van der Waals surface area contributed by atoms with Crippen molar-refractivity contribution in [2.75, 3.05) is 0 Å². The van der Waals surface area contributed by atoms with E-state index < -0.39 is 4.59 Å². The van der Waals surface area contributed by atoms with E-state index in [1.54, 1.807) is 0 Å². The van der Waals surface area contributed by atoms with Crippen LogP contribution in [0.1, 0.15) is 0 Å². The molecule has 0 aromatic rings. The van der Waals surface area contributed by atoms with E-state index in [2.05, 4.69) is 23.2 Å². The Labute approximate surface area is 50.2 Å². The van der Waals surface area contributed by atoms with Crippen molar-refractivity contribution in [1.82, 2.24) is 0 Å². The van der Waals surface area contributed by atoms with Crippen LogP contribution in [0.5, 0.6) is 0 Å². The molecule has 0 nitrogen and oxygen atoms in total. The van der Waals surface area contributed by atoms with Crippen LogP contribution in [0.25, 0.3) is 0 Å². The topological polar surface area (TPSA) is 0 Å². The van der Waals surface area contributed by atoms with Gasteiger partial charge in [-0.25, -0.2) is 4.39 Å². The predicted octanol–water partition coefficient (Wildman–Crippen LogP) is 2.49. The Morgan fingerprint density at radius 3 is 1.67 bits per heavy atom. The first kappa shape index (κ1) is 6.80. The van der Waals surface area contributed by atoms with Crippen molar-refractivity contribution in [3.8, 4) is 0 Å². The molecule has 0 heterocycles. The summed E-state index contributed by atoms with van der Waals surface area (Å²) in [5.41, 5.74) is 0. The van der Waals surface area contributed by atoms with Crippen LogP contribution < -0.4 is 0 Å². The molecule has 0 saturated heterocycles. The number of hydrogen-bond acceptors (Lipinski definition) is 0. The Balaban J connectivity index is 3.17. The third-order valence-corrected chi connectivity index (χ3v) is 0.866. The summed E-state index contributed by atoms with van der Waals surface area (Å²) < 4.78 is 9.09. The molecule has 0 aliphatic heterocycles. The summed E-state index contributed by atoms with van der Waals surface area (Å²) in [5.74, 6) is 0.524. The van der Waals surface area contributed by atoms with Crippen LogP contribution in [0.3, 0.4) is 0 Å². The quantitative estimate of drug-likeness (QED) is 0.504. The van der Waals surface area contributed by atoms with E-state index in [9.17, 15) is 4.39 Å². The molecule has 0 aromatic heterocycles. The van der Waals surface area contributed by atoms with Crippen LogP contribution in [0.2, 0.25) is 0 Å². The molecular weight excluding hydrogens is 149 g/mol. The average molecular weight is 150 g/mol. The fourth-order valence-corrected chi connectivity index (χ4v) is 0. The fraction of sp³-hybridized carbons (Fsp3) is 0.500. The van der Waals surface area contributed by atoms with Gasteiger partial charge in [-0.1, -0.05) is 23.2 Å². The van der Waals surface area contributed by atoms with Crippen molar-refractivity contribution in [1.29, 1.82) is 0 Å². The van der Waals surface area contributed by atoms with E-state index >= 15 is 0 Å². The van der Waals surface area contributed by atoms with Gasteiger partial charge in [0.05, 0.1) is 0 Å². The van der Waals surface area contributed by atoms with Gasteiger partial charge >= 0.3 is 0 Å². The van der Waals surface area contributed by atoms with E-state index in [0.29, 0.717) is 5.88 Å². The second kappa shape index (κ2) is 2.20. The summed E-state index contributed by atoms with van der Waals surface area (Å²) in [6.45, 7) is 0. The van der Waals surface area contributed by atoms with Crippen molar-refractivity contribution in [3.63, 3.8) is 0 Å². The van der Waals surface area contributed by atoms with Gasteiger partial charge in [0.25, 0.3) is 4.59 Å². The van der Waals surface area contributed by atoms with Crippen molar-refractivity contribution in [2.45, 2.75) is 4.59 Å². The Bertz CT molecular complexity index is 38.5. The summed E-state index contributed by atoms with van der Waals surface area (Å²) >= 11 is 14.0. The van der Waals surface area contributed by atoms with Gasteiger partial charge < -0.3 is 0 Å². The molecule has 6 heavy (non-hydrogen) atoms. The predicted molar refractivity (Wildman–Crippen MR) is 25.7 cm³/mol. The minimum Gasteiger partial charge on any atom is -0.206 e. The lowest BCUT2D eigenvalue weighted by atomic mass is 10.9. The van der Waals surface area contributed by atoms with Crippen molar-refractivity contribution < 1.29 is 4.39 Å². The van der Waals surface area contributed by atoms with Crippen molar-refractivity contribution in [3.05, 3.63) is 5.88 Å². The zero-order valence-corrected chi connectivity index (χ0v) is 4.86. The largest absolute Gasteiger partial charge is 0.275 e. The lowest BCUT2D eigenvalue weighted by Crippen LogP contribution is -1.97. The summed E-state index contributed by atoms with van der Waals surface area (Å²) in [4.78, 5) is 0. The molecule has 0 rings (SSSR count). The van der Waals surface area contributed by atoms with Gasteiger partial charge in [-0.3, -0.25) is 0 Å². The van der Waals surface area contributed by atoms with Crippen molar-refractivity contribution >= 4 is 34.8 Å². The van der Waals surface area contributed by atoms with Gasteiger partial charge in [-0.05, 0) is 0 Å². The van der Waals surface area contributed by atoms with Crippen LogP contribution in [0.15, 0.2) is 0 Å². The van der Waals surface area contributed by atoms with E-state index in [-0.39, 0.29) is 0 Å². The number of hydrogen-bond donors (Lipinski definition) is 0. The van der Waals surface area contributed by atoms with E-state index in [1.807, 2.05) is 0 Å². The normalized spacial score (nSPS) is 12.0. The molecule has 0 spiro atoms. The van der Waals surface area contributed by atoms with E-state index in [1.165, 1.54) is 0 Å². The molecule has 0 aliphatic rings. The maximum atomic E-state index is 11.5. The summed E-state index contributed by atoms with van der Waals surface area (Å²) in [6.07, 6.45) is 0. The molecule has 0 aromatic carbocycles. The molecule has 0 bridgehead atoms. The van der Waals surface area contributed by atoms with Gasteiger partial charge in [-0.15, -0.1) is 11.6 Å². The molecular formula is C2HCl3F. The molecule has 0 N–H and O–H groups in total. The third kappa shape index (κ3) is 4.80. The van der Waals surface area contributed by atoms with E-state index in [0.717, 1.165) is 0 Å². The zero-order valence-electron chi connectivity index (χ0n) is 2.59. The number of halogens is 4. The molecule has 37 valence electrons. The number of alkyl halides is 3. The summed E-state index contributed by atoms with van der Waals surface area (Å²) in [6, 6.07) is 0. The summed E-state index contributed by atoms with van der Waals surface area (Å²) in [5, 5.41) is 0. The van der Waals surface area contributed by atoms with Gasteiger partial charge in [0.1, 0.15) is 5.88 Å². The maximum Gasteiger partial charge on any atom is 0.275 e. The fourth-order valence-electron chi connectivity index (χ4n) is 0. The first-order valence-electron chi connectivity index (χ1n) is 1.07. The third-order valence-electron chi connectivity index (χ3n) is 0.124. The highest BCUT2D eigenvalue weighted by Crippen LogP contribution is 2.26. The SMILES string of the molecule is FC(Cl)(Cl)[CH]Cl. The molecule has 0 unspecified atom stereocenters. The Hall–Kier alpha value is 0.800. The van der Waals surface area contributed by atoms with Crippen LogP contribution in [0, 0.1) is 5.88 Å². The summed E-state index contributed by atoms with van der Waals surface area (Å²) in [7, 11) is 0. The average Bonchev–Trinajstić information content (AvgIpc) is 1.35. The second-order valence-electron chi connectivity index (χ2n) is 0.651. The highest BCUT2D eigenvalue weighted by Gasteiger charge is 2.19. The van der Waals surface area contributed by atoms with Gasteiger partial charge in [-0.2, -0.15) is 0 Å². The number of rotatable bonds is 1. The molecule has 0 saturated carbocycles. The highest BCUT2D eigenvalue weighted by atomic mass is 35.5. The molecule has 4 heteroatoms. The van der Waals surface area contributed by atoms with Gasteiger partial charge in [0.15, 0.2) is 0 Å². The molecule has 1 radical (unpaired) electrons. The standard InChI is InChI=1S/C2HCl3F/c3-1-2(4,5)6/h1H. The minimum atomic E-state index is -2.37. The highest BCUT2D eigenvalue weighted by molar-refractivity contribution is 6.52. The minimum absolute atomic E-state index is 0.524. The lowest BCUT2D eigenvalue weighted by Gasteiger charge is -1.98. The molecule has 0 aliphatic carbocycles. The second-order valence-corrected chi connectivity index (χ2v) is 2.16. The molecule has 0 atom stereocenters. The van der Waals surface area contributed by atoms with Gasteiger partial charge in [0, 0.05) is 0 Å². The Morgan fingerprint density at radius 1 is 1.50 bits per heavy atom. The van der Waals surface area contributed by atoms with Crippen LogP contribution in [0.4, 0.5) is 4.39 Å². The van der Waals surface area contributed by atoms with Crippen LogP contribution in [-0.2, 0) is 0 Å².